The summed E-state index contributed by atoms with van der Waals surface area (Å²) in [5, 5.41) is 6.89. The van der Waals surface area contributed by atoms with E-state index in [4.69, 9.17) is 4.42 Å². The van der Waals surface area contributed by atoms with Crippen LogP contribution in [-0.4, -0.2) is 42.8 Å². The summed E-state index contributed by atoms with van der Waals surface area (Å²) in [4.78, 5) is 24.2. The first-order valence-electron chi connectivity index (χ1n) is 8.63. The maximum absolute atomic E-state index is 12.5. The third-order valence-corrected chi connectivity index (χ3v) is 4.96. The van der Waals surface area contributed by atoms with E-state index in [-0.39, 0.29) is 23.3 Å². The Balaban J connectivity index is 1.45. The molecule has 0 aliphatic carbocycles. The number of carbonyl (C=O) groups is 2. The Morgan fingerprint density at radius 2 is 2.07 bits per heavy atom. The minimum absolute atomic E-state index is 0.0872. The van der Waals surface area contributed by atoms with E-state index in [9.17, 15) is 22.8 Å². The van der Waals surface area contributed by atoms with E-state index < -0.39 is 18.8 Å². The molecule has 0 unspecified atom stereocenters. The molecule has 2 N–H and O–H groups in total. The van der Waals surface area contributed by atoms with Crippen molar-refractivity contribution in [2.45, 2.75) is 43.6 Å². The highest BCUT2D eigenvalue weighted by Gasteiger charge is 2.39. The molecular weight excluding hydrogens is 365 g/mol. The van der Waals surface area contributed by atoms with Crippen LogP contribution < -0.4 is 10.6 Å². The van der Waals surface area contributed by atoms with Gasteiger partial charge in [0.2, 0.25) is 5.76 Å². The predicted molar refractivity (Wildman–Crippen MR) is 88.4 cm³/mol. The van der Waals surface area contributed by atoms with Gasteiger partial charge in [0.05, 0.1) is 0 Å². The van der Waals surface area contributed by atoms with Gasteiger partial charge in [-0.15, -0.1) is 0 Å². The summed E-state index contributed by atoms with van der Waals surface area (Å²) in [5.74, 6) is -1.79. The topological polar surface area (TPSA) is 80.6 Å². The zero-order valence-corrected chi connectivity index (χ0v) is 14.1. The van der Waals surface area contributed by atoms with E-state index in [1.165, 1.54) is 18.2 Å². The quantitative estimate of drug-likeness (QED) is 0.795. The maximum atomic E-state index is 12.5. The molecule has 0 radical (unpaired) electrons. The molecule has 144 valence electrons. The van der Waals surface area contributed by atoms with Gasteiger partial charge in [-0.1, -0.05) is 0 Å². The molecule has 3 atom stereocenters. The number of esters is 1. The number of hydrogen-bond donors (Lipinski definition) is 2. The third kappa shape index (κ3) is 3.78. The number of carbonyl (C=O) groups excluding carboxylic acids is 2. The number of alkyl halides is 3. The molecule has 2 saturated heterocycles. The van der Waals surface area contributed by atoms with Crippen LogP contribution in [0.4, 0.5) is 13.2 Å². The Labute approximate surface area is 152 Å². The van der Waals surface area contributed by atoms with E-state index in [1.807, 2.05) is 0 Å². The molecule has 2 bridgehead atoms. The number of amides is 1. The largest absolute Gasteiger partial charge is 0.450 e. The van der Waals surface area contributed by atoms with Crippen molar-refractivity contribution >= 4 is 22.8 Å². The first-order valence-corrected chi connectivity index (χ1v) is 8.63. The third-order valence-electron chi connectivity index (χ3n) is 4.96. The Kier molecular flexibility index (Phi) is 4.33. The lowest BCUT2D eigenvalue weighted by Gasteiger charge is -2.21. The van der Waals surface area contributed by atoms with Crippen molar-refractivity contribution in [2.24, 2.45) is 0 Å². The summed E-state index contributed by atoms with van der Waals surface area (Å²) < 4.78 is 45.8. The van der Waals surface area contributed by atoms with Crippen LogP contribution in [0, 0.1) is 0 Å². The first kappa shape index (κ1) is 17.8. The maximum Gasteiger partial charge on any atom is 0.422 e. The van der Waals surface area contributed by atoms with Crippen LogP contribution in [0.25, 0.3) is 11.0 Å². The SMILES string of the molecule is O=C(N[C@@H]1C[C@H]2CC[C@@H]1N2)c1ccc2oc(C(=O)OCC(F)(F)F)cc2c1. The van der Waals surface area contributed by atoms with Crippen LogP contribution in [0.15, 0.2) is 28.7 Å². The van der Waals surface area contributed by atoms with Crippen molar-refractivity contribution in [1.82, 2.24) is 10.6 Å². The Morgan fingerprint density at radius 1 is 1.26 bits per heavy atom. The second-order valence-electron chi connectivity index (χ2n) is 6.92. The average Bonchev–Trinajstić information content (AvgIpc) is 3.32. The standard InChI is InChI=1S/C18H17F3N2O4/c19-18(20,21)8-26-17(25)15-6-10-5-9(1-4-14(10)27-15)16(24)23-13-7-11-2-3-12(13)22-11/h1,4-6,11-13,22H,2-3,7-8H2,(H,23,24)/t11-,12+,13-/m1/s1. The molecule has 27 heavy (non-hydrogen) atoms. The van der Waals surface area contributed by atoms with Crippen LogP contribution in [0.2, 0.25) is 0 Å². The van der Waals surface area contributed by atoms with Gasteiger partial charge in [-0.05, 0) is 43.5 Å². The Morgan fingerprint density at radius 3 is 2.74 bits per heavy atom. The van der Waals surface area contributed by atoms with Crippen molar-refractivity contribution in [2.75, 3.05) is 6.61 Å². The van der Waals surface area contributed by atoms with Gasteiger partial charge in [-0.25, -0.2) is 4.79 Å². The number of hydrogen-bond acceptors (Lipinski definition) is 5. The fourth-order valence-corrected chi connectivity index (χ4v) is 3.74. The number of benzene rings is 1. The van der Waals surface area contributed by atoms with Gasteiger partial charge in [0, 0.05) is 29.1 Å². The van der Waals surface area contributed by atoms with Gasteiger partial charge in [0.1, 0.15) is 5.58 Å². The lowest BCUT2D eigenvalue weighted by atomic mass is 9.95. The summed E-state index contributed by atoms with van der Waals surface area (Å²) >= 11 is 0. The van der Waals surface area contributed by atoms with Crippen LogP contribution >= 0.6 is 0 Å². The molecule has 2 aliphatic heterocycles. The van der Waals surface area contributed by atoms with Gasteiger partial charge in [0.15, 0.2) is 6.61 Å². The van der Waals surface area contributed by atoms with E-state index in [1.54, 1.807) is 6.07 Å². The van der Waals surface area contributed by atoms with Crippen LogP contribution in [0.5, 0.6) is 0 Å². The second kappa shape index (κ2) is 6.56. The Bertz CT molecular complexity index is 892. The number of fused-ring (bicyclic) bond motifs is 3. The van der Waals surface area contributed by atoms with Crippen molar-refractivity contribution in [3.63, 3.8) is 0 Å². The number of halogens is 3. The van der Waals surface area contributed by atoms with Crippen molar-refractivity contribution in [1.29, 1.82) is 0 Å². The summed E-state index contributed by atoms with van der Waals surface area (Å²) in [7, 11) is 0. The van der Waals surface area contributed by atoms with E-state index in [0.29, 0.717) is 23.0 Å². The highest BCUT2D eigenvalue weighted by atomic mass is 19.4. The smallest absolute Gasteiger partial charge is 0.422 e. The van der Waals surface area contributed by atoms with Gasteiger partial charge in [0.25, 0.3) is 5.91 Å². The van der Waals surface area contributed by atoms with Crippen LogP contribution in [-0.2, 0) is 4.74 Å². The van der Waals surface area contributed by atoms with E-state index in [0.717, 1.165) is 19.3 Å². The summed E-state index contributed by atoms with van der Waals surface area (Å²) in [6, 6.07) is 6.70. The van der Waals surface area contributed by atoms with Gasteiger partial charge in [-0.3, -0.25) is 4.79 Å². The highest BCUT2D eigenvalue weighted by Crippen LogP contribution is 2.29. The molecule has 3 heterocycles. The average molecular weight is 382 g/mol. The molecule has 9 heteroatoms. The number of rotatable bonds is 4. The summed E-state index contributed by atoms with van der Waals surface area (Å²) in [6.07, 6.45) is -1.54. The fourth-order valence-electron chi connectivity index (χ4n) is 3.74. The van der Waals surface area contributed by atoms with E-state index >= 15 is 0 Å². The number of nitrogens with one attached hydrogen (secondary N) is 2. The summed E-state index contributed by atoms with van der Waals surface area (Å²) in [6.45, 7) is -1.69. The zero-order chi connectivity index (χ0) is 19.2. The van der Waals surface area contributed by atoms with Crippen molar-refractivity contribution in [3.05, 3.63) is 35.6 Å². The van der Waals surface area contributed by atoms with Gasteiger partial charge in [-0.2, -0.15) is 13.2 Å². The monoisotopic (exact) mass is 382 g/mol. The molecule has 0 saturated carbocycles. The molecule has 2 aromatic rings. The number of furan rings is 1. The van der Waals surface area contributed by atoms with Crippen molar-refractivity contribution in [3.8, 4) is 0 Å². The normalized spacial score (nSPS) is 24.3. The van der Waals surface area contributed by atoms with Gasteiger partial charge < -0.3 is 19.8 Å². The molecule has 1 aromatic carbocycles. The molecular formula is C18H17F3N2O4. The highest BCUT2D eigenvalue weighted by molar-refractivity contribution is 5.99. The zero-order valence-electron chi connectivity index (χ0n) is 14.1. The Hall–Kier alpha value is -2.55. The fraction of sp³-hybridized carbons (Fsp3) is 0.444. The van der Waals surface area contributed by atoms with Crippen LogP contribution in [0.1, 0.15) is 40.2 Å². The molecule has 1 amide bonds. The van der Waals surface area contributed by atoms with Gasteiger partial charge >= 0.3 is 12.1 Å². The molecule has 4 rings (SSSR count). The van der Waals surface area contributed by atoms with Crippen molar-refractivity contribution < 1.29 is 31.9 Å². The lowest BCUT2D eigenvalue weighted by molar-refractivity contribution is -0.161. The molecule has 2 aliphatic rings. The molecule has 0 spiro atoms. The summed E-state index contributed by atoms with van der Waals surface area (Å²) in [5.41, 5.74) is 0.674. The second-order valence-corrected chi connectivity index (χ2v) is 6.92. The minimum atomic E-state index is -4.61. The predicted octanol–water partition coefficient (Wildman–Crippen LogP) is 2.77. The molecule has 1 aromatic heterocycles. The minimum Gasteiger partial charge on any atom is -0.450 e. The number of ether oxygens (including phenoxy) is 1. The van der Waals surface area contributed by atoms with E-state index in [2.05, 4.69) is 15.4 Å². The lowest BCUT2D eigenvalue weighted by Crippen LogP contribution is -2.42. The van der Waals surface area contributed by atoms with Crippen LogP contribution in [0.3, 0.4) is 0 Å². The first-order chi connectivity index (χ1) is 12.8. The molecule has 6 nitrogen and oxygen atoms in total. The molecule has 2 fully saturated rings.